The fourth-order valence-corrected chi connectivity index (χ4v) is 2.81. The van der Waals surface area contributed by atoms with Crippen molar-refractivity contribution in [3.8, 4) is 5.69 Å². The fraction of sp³-hybridized carbons (Fsp3) is 0.500. The van der Waals surface area contributed by atoms with E-state index in [-0.39, 0.29) is 11.4 Å². The van der Waals surface area contributed by atoms with E-state index in [4.69, 9.17) is 4.74 Å². The molecule has 1 amide bonds. The highest BCUT2D eigenvalue weighted by molar-refractivity contribution is 5.97. The molecule has 1 aromatic heterocycles. The smallest absolute Gasteiger partial charge is 0.253 e. The molecule has 1 aromatic carbocycles. The topological polar surface area (TPSA) is 85.2 Å². The molecule has 1 fully saturated rings. The molecule has 8 nitrogen and oxygen atoms in total. The van der Waals surface area contributed by atoms with Crippen LogP contribution in [0.3, 0.4) is 0 Å². The van der Waals surface area contributed by atoms with Gasteiger partial charge in [0, 0.05) is 25.2 Å². The number of benzene rings is 1. The molecule has 8 heteroatoms. The minimum absolute atomic E-state index is 0.136. The second-order valence-electron chi connectivity index (χ2n) is 6.37. The molecular weight excluding hydrogens is 308 g/mol. The highest BCUT2D eigenvalue weighted by Crippen LogP contribution is 2.17. The summed E-state index contributed by atoms with van der Waals surface area (Å²) in [5.74, 6) is -0.137. The summed E-state index contributed by atoms with van der Waals surface area (Å²) in [6, 6.07) is 7.27. The average molecular weight is 330 g/mol. The first-order chi connectivity index (χ1) is 11.6. The zero-order chi connectivity index (χ0) is 17.0. The van der Waals surface area contributed by atoms with Gasteiger partial charge in [-0.2, -0.15) is 4.68 Å². The standard InChI is InChI=1S/C16H22N6O2/c1-16(2,21-7-9-24-10-8-21)11-17-15(23)13-5-3-4-6-14(13)22-12-18-19-20-22/h3-6,12H,7-11H2,1-2H3,(H,17,23). The molecule has 0 spiro atoms. The van der Waals surface area contributed by atoms with Crippen LogP contribution in [0.15, 0.2) is 30.6 Å². The first-order valence-electron chi connectivity index (χ1n) is 8.01. The van der Waals surface area contributed by atoms with Crippen LogP contribution in [-0.2, 0) is 4.74 Å². The number of nitrogens with zero attached hydrogens (tertiary/aromatic N) is 5. The number of aromatic nitrogens is 4. The molecule has 0 aliphatic carbocycles. The van der Waals surface area contributed by atoms with Gasteiger partial charge in [-0.25, -0.2) is 0 Å². The van der Waals surface area contributed by atoms with Crippen molar-refractivity contribution in [3.63, 3.8) is 0 Å². The van der Waals surface area contributed by atoms with Crippen molar-refractivity contribution in [1.29, 1.82) is 0 Å². The minimum Gasteiger partial charge on any atom is -0.379 e. The van der Waals surface area contributed by atoms with E-state index < -0.39 is 0 Å². The predicted molar refractivity (Wildman–Crippen MR) is 88.0 cm³/mol. The molecule has 128 valence electrons. The van der Waals surface area contributed by atoms with E-state index in [1.807, 2.05) is 18.2 Å². The molecule has 0 atom stereocenters. The number of ether oxygens (including phenoxy) is 1. The van der Waals surface area contributed by atoms with E-state index in [1.54, 1.807) is 6.07 Å². The van der Waals surface area contributed by atoms with Crippen LogP contribution in [0.25, 0.3) is 5.69 Å². The highest BCUT2D eigenvalue weighted by atomic mass is 16.5. The third-order valence-corrected chi connectivity index (χ3v) is 4.29. The van der Waals surface area contributed by atoms with Gasteiger partial charge in [-0.3, -0.25) is 9.69 Å². The zero-order valence-electron chi connectivity index (χ0n) is 14.0. The van der Waals surface area contributed by atoms with E-state index in [9.17, 15) is 4.79 Å². The Morgan fingerprint density at radius 2 is 2.04 bits per heavy atom. The second kappa shape index (κ2) is 7.06. The van der Waals surface area contributed by atoms with E-state index in [1.165, 1.54) is 11.0 Å². The number of tetrazole rings is 1. The Balaban J connectivity index is 1.69. The van der Waals surface area contributed by atoms with E-state index in [2.05, 4.69) is 39.6 Å². The first-order valence-corrected chi connectivity index (χ1v) is 8.01. The number of morpholine rings is 1. The lowest BCUT2D eigenvalue weighted by Gasteiger charge is -2.40. The number of carbonyl (C=O) groups excluding carboxylic acids is 1. The van der Waals surface area contributed by atoms with Crippen molar-refractivity contribution in [2.24, 2.45) is 0 Å². The normalized spacial score (nSPS) is 16.1. The van der Waals surface area contributed by atoms with Crippen LogP contribution in [0.5, 0.6) is 0 Å². The second-order valence-corrected chi connectivity index (χ2v) is 6.37. The third kappa shape index (κ3) is 3.60. The van der Waals surface area contributed by atoms with E-state index in [0.717, 1.165) is 26.3 Å². The Labute approximate surface area is 140 Å². The number of para-hydroxylation sites is 1. The number of hydrogen-bond acceptors (Lipinski definition) is 6. The SMILES string of the molecule is CC(C)(CNC(=O)c1ccccc1-n1cnnn1)N1CCOCC1. The summed E-state index contributed by atoms with van der Waals surface area (Å²) in [5.41, 5.74) is 1.06. The maximum Gasteiger partial charge on any atom is 0.253 e. The van der Waals surface area contributed by atoms with Crippen LogP contribution in [0.4, 0.5) is 0 Å². The summed E-state index contributed by atoms with van der Waals surface area (Å²) in [7, 11) is 0. The van der Waals surface area contributed by atoms with Gasteiger partial charge in [0.2, 0.25) is 0 Å². The molecule has 0 bridgehead atoms. The first kappa shape index (κ1) is 16.5. The molecule has 1 saturated heterocycles. The lowest BCUT2D eigenvalue weighted by molar-refractivity contribution is -0.00923. The Bertz CT molecular complexity index is 680. The summed E-state index contributed by atoms with van der Waals surface area (Å²) in [6.45, 7) is 8.04. The summed E-state index contributed by atoms with van der Waals surface area (Å²) < 4.78 is 6.88. The van der Waals surface area contributed by atoms with Crippen LogP contribution in [0, 0.1) is 0 Å². The summed E-state index contributed by atoms with van der Waals surface area (Å²) in [4.78, 5) is 15.0. The molecule has 24 heavy (non-hydrogen) atoms. The molecule has 2 aromatic rings. The average Bonchev–Trinajstić information content (AvgIpc) is 3.15. The van der Waals surface area contributed by atoms with Crippen LogP contribution in [0.1, 0.15) is 24.2 Å². The van der Waals surface area contributed by atoms with Crippen molar-refractivity contribution >= 4 is 5.91 Å². The van der Waals surface area contributed by atoms with E-state index in [0.29, 0.717) is 17.8 Å². The maximum absolute atomic E-state index is 12.7. The largest absolute Gasteiger partial charge is 0.379 e. The van der Waals surface area contributed by atoms with Crippen molar-refractivity contribution in [2.45, 2.75) is 19.4 Å². The number of nitrogens with one attached hydrogen (secondary N) is 1. The fourth-order valence-electron chi connectivity index (χ4n) is 2.81. The van der Waals surface area contributed by atoms with Crippen molar-refractivity contribution in [1.82, 2.24) is 30.4 Å². The lowest BCUT2D eigenvalue weighted by atomic mass is 10.0. The van der Waals surface area contributed by atoms with Gasteiger partial charge in [-0.15, -0.1) is 5.10 Å². The molecule has 3 rings (SSSR count). The summed E-state index contributed by atoms with van der Waals surface area (Å²) in [6.07, 6.45) is 1.48. The highest BCUT2D eigenvalue weighted by Gasteiger charge is 2.29. The van der Waals surface area contributed by atoms with Crippen LogP contribution >= 0.6 is 0 Å². The lowest BCUT2D eigenvalue weighted by Crippen LogP contribution is -2.55. The Morgan fingerprint density at radius 1 is 1.29 bits per heavy atom. The maximum atomic E-state index is 12.7. The molecule has 0 radical (unpaired) electrons. The van der Waals surface area contributed by atoms with Crippen molar-refractivity contribution in [3.05, 3.63) is 36.2 Å². The van der Waals surface area contributed by atoms with Gasteiger partial charge in [0.15, 0.2) is 0 Å². The zero-order valence-corrected chi connectivity index (χ0v) is 14.0. The van der Waals surface area contributed by atoms with E-state index >= 15 is 0 Å². The van der Waals surface area contributed by atoms with Crippen molar-refractivity contribution in [2.75, 3.05) is 32.8 Å². The third-order valence-electron chi connectivity index (χ3n) is 4.29. The Kier molecular flexibility index (Phi) is 4.86. The molecule has 1 aliphatic heterocycles. The Morgan fingerprint density at radius 3 is 2.75 bits per heavy atom. The molecule has 0 unspecified atom stereocenters. The molecule has 0 saturated carbocycles. The molecule has 1 N–H and O–H groups in total. The van der Waals surface area contributed by atoms with Crippen LogP contribution in [-0.4, -0.2) is 69.4 Å². The molecule has 2 heterocycles. The predicted octanol–water partition coefficient (Wildman–Crippen LogP) is 0.503. The monoisotopic (exact) mass is 330 g/mol. The quantitative estimate of drug-likeness (QED) is 0.859. The van der Waals surface area contributed by atoms with Gasteiger partial charge in [-0.1, -0.05) is 12.1 Å². The van der Waals surface area contributed by atoms with Crippen molar-refractivity contribution < 1.29 is 9.53 Å². The number of carbonyl (C=O) groups is 1. The Hall–Kier alpha value is -2.32. The van der Waals surface area contributed by atoms with Gasteiger partial charge < -0.3 is 10.1 Å². The van der Waals surface area contributed by atoms with Gasteiger partial charge in [-0.05, 0) is 36.4 Å². The summed E-state index contributed by atoms with van der Waals surface area (Å²) in [5, 5.41) is 14.2. The van der Waals surface area contributed by atoms with Crippen LogP contribution in [0.2, 0.25) is 0 Å². The minimum atomic E-state index is -0.137. The van der Waals surface area contributed by atoms with Gasteiger partial charge >= 0.3 is 0 Å². The number of amides is 1. The molecule has 1 aliphatic rings. The van der Waals surface area contributed by atoms with Gasteiger partial charge in [0.25, 0.3) is 5.91 Å². The number of rotatable bonds is 5. The number of hydrogen-bond donors (Lipinski definition) is 1. The summed E-state index contributed by atoms with van der Waals surface area (Å²) >= 11 is 0. The van der Waals surface area contributed by atoms with Gasteiger partial charge in [0.05, 0.1) is 24.5 Å². The molecular formula is C16H22N6O2. The van der Waals surface area contributed by atoms with Crippen LogP contribution < -0.4 is 5.32 Å². The van der Waals surface area contributed by atoms with Gasteiger partial charge in [0.1, 0.15) is 6.33 Å².